The molecule has 0 aromatic heterocycles. The Bertz CT molecular complexity index is 354. The normalized spacial score (nSPS) is 38.5. The summed E-state index contributed by atoms with van der Waals surface area (Å²) in [6, 6.07) is 8.86. The van der Waals surface area contributed by atoms with Gasteiger partial charge in [-0.25, -0.2) is 0 Å². The average Bonchev–Trinajstić information content (AvgIpc) is 2.75. The van der Waals surface area contributed by atoms with Crippen molar-refractivity contribution in [2.45, 2.75) is 38.2 Å². The Morgan fingerprint density at radius 3 is 2.40 bits per heavy atom. The van der Waals surface area contributed by atoms with Gasteiger partial charge in [0.25, 0.3) is 0 Å². The van der Waals surface area contributed by atoms with E-state index in [-0.39, 0.29) is 6.10 Å². The van der Waals surface area contributed by atoms with E-state index in [9.17, 15) is 5.11 Å². The standard InChI is InChI=1S/C14H18O/c1-9-2-4-10(5-3-9)13-8-11-6-7-12(13)14(11)15/h2-5,11-15H,6-8H2,1H3/t11-,12+,13-,14-/m1/s1. The third kappa shape index (κ3) is 1.41. The van der Waals surface area contributed by atoms with Gasteiger partial charge >= 0.3 is 0 Å². The van der Waals surface area contributed by atoms with Crippen molar-refractivity contribution in [1.29, 1.82) is 0 Å². The molecular formula is C14H18O. The van der Waals surface area contributed by atoms with Crippen molar-refractivity contribution in [1.82, 2.24) is 0 Å². The van der Waals surface area contributed by atoms with E-state index in [1.807, 2.05) is 0 Å². The molecule has 1 N–H and O–H groups in total. The summed E-state index contributed by atoms with van der Waals surface area (Å²) in [5.41, 5.74) is 2.76. The molecule has 15 heavy (non-hydrogen) atoms. The molecule has 0 heterocycles. The Kier molecular flexibility index (Phi) is 2.10. The van der Waals surface area contributed by atoms with Crippen molar-refractivity contribution in [3.8, 4) is 0 Å². The van der Waals surface area contributed by atoms with Crippen molar-refractivity contribution in [3.05, 3.63) is 35.4 Å². The molecule has 0 radical (unpaired) electrons. The predicted octanol–water partition coefficient (Wildman–Crippen LogP) is 2.87. The van der Waals surface area contributed by atoms with Gasteiger partial charge in [0, 0.05) is 0 Å². The van der Waals surface area contributed by atoms with E-state index in [0.29, 0.717) is 17.8 Å². The highest BCUT2D eigenvalue weighted by Gasteiger charge is 2.47. The fourth-order valence-electron chi connectivity index (χ4n) is 3.49. The van der Waals surface area contributed by atoms with Crippen LogP contribution in [0.2, 0.25) is 0 Å². The van der Waals surface area contributed by atoms with E-state index < -0.39 is 0 Å². The van der Waals surface area contributed by atoms with Gasteiger partial charge < -0.3 is 5.11 Å². The highest BCUT2D eigenvalue weighted by Crippen LogP contribution is 2.52. The van der Waals surface area contributed by atoms with Gasteiger partial charge in [-0.2, -0.15) is 0 Å². The summed E-state index contributed by atoms with van der Waals surface area (Å²) in [6.07, 6.45) is 3.66. The van der Waals surface area contributed by atoms with Crippen molar-refractivity contribution in [2.75, 3.05) is 0 Å². The Morgan fingerprint density at radius 1 is 1.13 bits per heavy atom. The molecule has 2 aliphatic carbocycles. The van der Waals surface area contributed by atoms with Gasteiger partial charge in [0.05, 0.1) is 6.10 Å². The molecular weight excluding hydrogens is 184 g/mol. The number of hydrogen-bond donors (Lipinski definition) is 1. The number of rotatable bonds is 1. The minimum atomic E-state index is -0.0173. The zero-order valence-electron chi connectivity index (χ0n) is 9.19. The Balaban J connectivity index is 1.87. The van der Waals surface area contributed by atoms with Crippen LogP contribution in [0.1, 0.15) is 36.3 Å². The Hall–Kier alpha value is -0.820. The van der Waals surface area contributed by atoms with E-state index >= 15 is 0 Å². The summed E-state index contributed by atoms with van der Waals surface area (Å²) >= 11 is 0. The molecule has 2 fully saturated rings. The summed E-state index contributed by atoms with van der Waals surface area (Å²) in [5, 5.41) is 10.0. The fraction of sp³-hybridized carbons (Fsp3) is 0.571. The average molecular weight is 202 g/mol. The van der Waals surface area contributed by atoms with Crippen LogP contribution in [-0.2, 0) is 0 Å². The molecule has 1 heteroatoms. The van der Waals surface area contributed by atoms with E-state index in [1.165, 1.54) is 30.4 Å². The summed E-state index contributed by atoms with van der Waals surface area (Å²) in [6.45, 7) is 2.12. The molecule has 80 valence electrons. The quantitative estimate of drug-likeness (QED) is 0.742. The third-order valence-corrected chi connectivity index (χ3v) is 4.37. The number of fused-ring (bicyclic) bond motifs is 2. The second kappa shape index (κ2) is 3.34. The highest BCUT2D eigenvalue weighted by atomic mass is 16.3. The van der Waals surface area contributed by atoms with Crippen LogP contribution in [-0.4, -0.2) is 11.2 Å². The smallest absolute Gasteiger partial charge is 0.0602 e. The lowest BCUT2D eigenvalue weighted by atomic mass is 9.83. The van der Waals surface area contributed by atoms with Crippen LogP contribution in [0.3, 0.4) is 0 Å². The lowest BCUT2D eigenvalue weighted by molar-refractivity contribution is 0.126. The first-order chi connectivity index (χ1) is 7.25. The molecule has 2 bridgehead atoms. The molecule has 2 aliphatic rings. The minimum absolute atomic E-state index is 0.0173. The molecule has 2 saturated carbocycles. The minimum Gasteiger partial charge on any atom is -0.393 e. The number of hydrogen-bond acceptors (Lipinski definition) is 1. The molecule has 4 atom stereocenters. The fourth-order valence-corrected chi connectivity index (χ4v) is 3.49. The Morgan fingerprint density at radius 2 is 1.87 bits per heavy atom. The number of benzene rings is 1. The molecule has 0 saturated heterocycles. The van der Waals surface area contributed by atoms with E-state index in [4.69, 9.17) is 0 Å². The van der Waals surface area contributed by atoms with Crippen LogP contribution < -0.4 is 0 Å². The topological polar surface area (TPSA) is 20.2 Å². The summed E-state index contributed by atoms with van der Waals surface area (Å²) in [5.74, 6) is 1.75. The molecule has 0 amide bonds. The number of aryl methyl sites for hydroxylation is 1. The van der Waals surface area contributed by atoms with E-state index in [0.717, 1.165) is 0 Å². The molecule has 0 unspecified atom stereocenters. The van der Waals surface area contributed by atoms with Crippen molar-refractivity contribution < 1.29 is 5.11 Å². The maximum Gasteiger partial charge on any atom is 0.0602 e. The summed E-state index contributed by atoms with van der Waals surface area (Å²) in [4.78, 5) is 0. The SMILES string of the molecule is Cc1ccc([C@H]2C[C@H]3CC[C@@H]2[C@@H]3O)cc1. The molecule has 1 nitrogen and oxygen atoms in total. The zero-order chi connectivity index (χ0) is 10.4. The number of aliphatic hydroxyl groups is 1. The van der Waals surface area contributed by atoms with Crippen molar-refractivity contribution in [2.24, 2.45) is 11.8 Å². The molecule has 3 rings (SSSR count). The lowest BCUT2D eigenvalue weighted by Gasteiger charge is -2.21. The van der Waals surface area contributed by atoms with Gasteiger partial charge in [-0.3, -0.25) is 0 Å². The Labute approximate surface area is 91.1 Å². The maximum atomic E-state index is 10.0. The summed E-state index contributed by atoms with van der Waals surface area (Å²) in [7, 11) is 0. The van der Waals surface area contributed by atoms with Gasteiger partial charge in [0.2, 0.25) is 0 Å². The maximum absolute atomic E-state index is 10.0. The van der Waals surface area contributed by atoms with Gasteiger partial charge in [-0.1, -0.05) is 29.8 Å². The predicted molar refractivity (Wildman–Crippen MR) is 60.8 cm³/mol. The van der Waals surface area contributed by atoms with Crippen molar-refractivity contribution in [3.63, 3.8) is 0 Å². The molecule has 0 spiro atoms. The van der Waals surface area contributed by atoms with Gasteiger partial charge in [-0.15, -0.1) is 0 Å². The van der Waals surface area contributed by atoms with Crippen LogP contribution in [0.15, 0.2) is 24.3 Å². The first-order valence-corrected chi connectivity index (χ1v) is 6.00. The van der Waals surface area contributed by atoms with Crippen LogP contribution in [0.5, 0.6) is 0 Å². The molecule has 1 aromatic carbocycles. The first-order valence-electron chi connectivity index (χ1n) is 6.00. The number of aliphatic hydroxyl groups excluding tert-OH is 1. The third-order valence-electron chi connectivity index (χ3n) is 4.37. The summed E-state index contributed by atoms with van der Waals surface area (Å²) < 4.78 is 0. The largest absolute Gasteiger partial charge is 0.393 e. The van der Waals surface area contributed by atoms with Crippen LogP contribution in [0.25, 0.3) is 0 Å². The van der Waals surface area contributed by atoms with Gasteiger partial charge in [0.15, 0.2) is 0 Å². The highest BCUT2D eigenvalue weighted by molar-refractivity contribution is 5.27. The van der Waals surface area contributed by atoms with Gasteiger partial charge in [0.1, 0.15) is 0 Å². The monoisotopic (exact) mass is 202 g/mol. The zero-order valence-corrected chi connectivity index (χ0v) is 9.19. The van der Waals surface area contributed by atoms with E-state index in [2.05, 4.69) is 31.2 Å². The molecule has 1 aromatic rings. The van der Waals surface area contributed by atoms with Gasteiger partial charge in [-0.05, 0) is 49.5 Å². The van der Waals surface area contributed by atoms with Crippen LogP contribution in [0, 0.1) is 18.8 Å². The molecule has 0 aliphatic heterocycles. The first kappa shape index (κ1) is 9.41. The van der Waals surface area contributed by atoms with Crippen LogP contribution >= 0.6 is 0 Å². The van der Waals surface area contributed by atoms with Crippen molar-refractivity contribution >= 4 is 0 Å². The van der Waals surface area contributed by atoms with Crippen LogP contribution in [0.4, 0.5) is 0 Å². The second-order valence-electron chi connectivity index (χ2n) is 5.24. The van der Waals surface area contributed by atoms with E-state index in [1.54, 1.807) is 0 Å². The second-order valence-corrected chi connectivity index (χ2v) is 5.24. The lowest BCUT2D eigenvalue weighted by Crippen LogP contribution is -2.14.